The number of hydrogen-bond donors (Lipinski definition) is 1. The largest absolute Gasteiger partial charge is 0.377 e. The lowest BCUT2D eigenvalue weighted by atomic mass is 10.2. The first-order valence-corrected chi connectivity index (χ1v) is 11.6. The summed E-state index contributed by atoms with van der Waals surface area (Å²) in [5.74, 6) is 1.89. The van der Waals surface area contributed by atoms with Gasteiger partial charge >= 0.3 is 0 Å². The summed E-state index contributed by atoms with van der Waals surface area (Å²) >= 11 is 0. The highest BCUT2D eigenvalue weighted by Gasteiger charge is 2.38. The Labute approximate surface area is 169 Å². The SMILES string of the molecule is CS(=O)(=O)CCNc1cc(N2C3CCC2COC3)nc(-c2ccc(N=O)cc2)n1. The van der Waals surface area contributed by atoms with Gasteiger partial charge in [-0.1, -0.05) is 0 Å². The second-order valence-corrected chi connectivity index (χ2v) is 9.72. The van der Waals surface area contributed by atoms with Crippen molar-refractivity contribution in [1.29, 1.82) is 0 Å². The molecule has 0 saturated carbocycles. The molecule has 2 fully saturated rings. The number of benzene rings is 1. The summed E-state index contributed by atoms with van der Waals surface area (Å²) in [6.45, 7) is 1.61. The van der Waals surface area contributed by atoms with Crippen molar-refractivity contribution >= 4 is 27.2 Å². The molecule has 1 aromatic carbocycles. The smallest absolute Gasteiger partial charge is 0.163 e. The third-order valence-corrected chi connectivity index (χ3v) is 6.17. The fourth-order valence-electron chi connectivity index (χ4n) is 3.82. The molecule has 2 atom stereocenters. The normalized spacial score (nSPS) is 21.2. The standard InChI is InChI=1S/C19H23N5O4S/c1-29(26,27)9-8-20-17-10-18(24-15-6-7-16(24)12-28-11-15)22-19(21-17)13-2-4-14(23-25)5-3-13/h2-5,10,15-16H,6-9,11-12H2,1H3,(H,20,21,22). The fourth-order valence-corrected chi connectivity index (χ4v) is 4.30. The molecule has 9 nitrogen and oxygen atoms in total. The minimum Gasteiger partial charge on any atom is -0.377 e. The Morgan fingerprint density at radius 3 is 2.48 bits per heavy atom. The lowest BCUT2D eigenvalue weighted by Crippen LogP contribution is -2.46. The lowest BCUT2D eigenvalue weighted by Gasteiger charge is -2.35. The van der Waals surface area contributed by atoms with Crippen LogP contribution in [-0.4, -0.2) is 62.2 Å². The van der Waals surface area contributed by atoms with Gasteiger partial charge in [-0.2, -0.15) is 0 Å². The quantitative estimate of drug-likeness (QED) is 0.683. The number of anilines is 2. The van der Waals surface area contributed by atoms with Crippen molar-refractivity contribution in [1.82, 2.24) is 9.97 Å². The Morgan fingerprint density at radius 2 is 1.86 bits per heavy atom. The Kier molecular flexibility index (Phi) is 5.46. The van der Waals surface area contributed by atoms with E-state index in [4.69, 9.17) is 9.72 Å². The molecule has 2 unspecified atom stereocenters. The summed E-state index contributed by atoms with van der Waals surface area (Å²) in [6.07, 6.45) is 3.32. The molecular weight excluding hydrogens is 394 g/mol. The van der Waals surface area contributed by atoms with Crippen molar-refractivity contribution in [2.24, 2.45) is 5.18 Å². The summed E-state index contributed by atoms with van der Waals surface area (Å²) in [5.41, 5.74) is 1.09. The lowest BCUT2D eigenvalue weighted by molar-refractivity contribution is 0.0902. The van der Waals surface area contributed by atoms with Gasteiger partial charge in [0, 0.05) is 24.4 Å². The van der Waals surface area contributed by atoms with Gasteiger partial charge in [-0.15, -0.1) is 4.91 Å². The molecule has 0 spiro atoms. The summed E-state index contributed by atoms with van der Waals surface area (Å²) in [4.78, 5) is 22.3. The average molecular weight is 417 g/mol. The van der Waals surface area contributed by atoms with E-state index in [-0.39, 0.29) is 24.4 Å². The fraction of sp³-hybridized carbons (Fsp3) is 0.474. The van der Waals surface area contributed by atoms with Gasteiger partial charge in [-0.05, 0) is 42.3 Å². The molecule has 0 amide bonds. The van der Waals surface area contributed by atoms with Crippen molar-refractivity contribution < 1.29 is 13.2 Å². The summed E-state index contributed by atoms with van der Waals surface area (Å²) in [5, 5.41) is 6.03. The number of rotatable bonds is 7. The molecule has 29 heavy (non-hydrogen) atoms. The zero-order valence-corrected chi connectivity index (χ0v) is 16.9. The van der Waals surface area contributed by atoms with Crippen LogP contribution in [0.1, 0.15) is 12.8 Å². The van der Waals surface area contributed by atoms with E-state index in [9.17, 15) is 13.3 Å². The maximum Gasteiger partial charge on any atom is 0.163 e. The Balaban J connectivity index is 1.67. The zero-order chi connectivity index (χ0) is 20.4. The van der Waals surface area contributed by atoms with Crippen LogP contribution >= 0.6 is 0 Å². The molecule has 2 aliphatic heterocycles. The molecule has 2 aliphatic rings. The number of sulfone groups is 1. The van der Waals surface area contributed by atoms with E-state index < -0.39 is 9.84 Å². The first-order chi connectivity index (χ1) is 13.9. The van der Waals surface area contributed by atoms with Crippen LogP contribution in [0.3, 0.4) is 0 Å². The number of morpholine rings is 1. The van der Waals surface area contributed by atoms with E-state index in [0.29, 0.717) is 30.5 Å². The average Bonchev–Trinajstić information content (AvgIpc) is 2.95. The number of fused-ring (bicyclic) bond motifs is 2. The Bertz CT molecular complexity index is 980. The highest BCUT2D eigenvalue weighted by molar-refractivity contribution is 7.90. The van der Waals surface area contributed by atoms with Crippen LogP contribution in [0.5, 0.6) is 0 Å². The predicted molar refractivity (Wildman–Crippen MR) is 111 cm³/mol. The number of nitroso groups, excluding NO2 is 1. The molecule has 3 heterocycles. The Morgan fingerprint density at radius 1 is 1.17 bits per heavy atom. The number of nitrogens with zero attached hydrogens (tertiary/aromatic N) is 4. The molecular formula is C19H23N5O4S. The molecule has 0 radical (unpaired) electrons. The molecule has 0 aliphatic carbocycles. The summed E-state index contributed by atoms with van der Waals surface area (Å²) < 4.78 is 28.6. The first-order valence-electron chi connectivity index (χ1n) is 9.53. The van der Waals surface area contributed by atoms with Gasteiger partial charge in [0.15, 0.2) is 5.82 Å². The third-order valence-electron chi connectivity index (χ3n) is 5.23. The van der Waals surface area contributed by atoms with Gasteiger partial charge in [-0.25, -0.2) is 18.4 Å². The number of nitrogens with one attached hydrogen (secondary N) is 1. The maximum atomic E-state index is 11.4. The molecule has 1 aromatic heterocycles. The number of aromatic nitrogens is 2. The van der Waals surface area contributed by atoms with E-state index in [2.05, 4.69) is 20.4 Å². The molecule has 154 valence electrons. The van der Waals surface area contributed by atoms with E-state index in [0.717, 1.165) is 24.2 Å². The van der Waals surface area contributed by atoms with Gasteiger partial charge in [-0.3, -0.25) is 0 Å². The zero-order valence-electron chi connectivity index (χ0n) is 16.1. The summed E-state index contributed by atoms with van der Waals surface area (Å²) in [7, 11) is -3.08. The van der Waals surface area contributed by atoms with Crippen LogP contribution < -0.4 is 10.2 Å². The highest BCUT2D eigenvalue weighted by Crippen LogP contribution is 2.34. The molecule has 1 N–H and O–H groups in total. The molecule has 2 saturated heterocycles. The van der Waals surface area contributed by atoms with Crippen molar-refractivity contribution in [2.45, 2.75) is 24.9 Å². The van der Waals surface area contributed by atoms with Gasteiger partial charge in [0.25, 0.3) is 0 Å². The van der Waals surface area contributed by atoms with E-state index in [1.54, 1.807) is 24.3 Å². The summed E-state index contributed by atoms with van der Waals surface area (Å²) in [6, 6.07) is 9.17. The van der Waals surface area contributed by atoms with Gasteiger partial charge < -0.3 is 15.0 Å². The van der Waals surface area contributed by atoms with E-state index in [1.807, 2.05) is 6.07 Å². The van der Waals surface area contributed by atoms with Crippen LogP contribution in [0.4, 0.5) is 17.3 Å². The van der Waals surface area contributed by atoms with Crippen LogP contribution in [0.25, 0.3) is 11.4 Å². The van der Waals surface area contributed by atoms with Crippen LogP contribution in [0.2, 0.25) is 0 Å². The van der Waals surface area contributed by atoms with E-state index in [1.165, 1.54) is 6.26 Å². The minimum absolute atomic E-state index is 0.0180. The predicted octanol–water partition coefficient (Wildman–Crippen LogP) is 2.37. The Hall–Kier alpha value is -2.59. The monoisotopic (exact) mass is 417 g/mol. The molecule has 2 aromatic rings. The minimum atomic E-state index is -3.08. The number of hydrogen-bond acceptors (Lipinski definition) is 9. The van der Waals surface area contributed by atoms with Crippen LogP contribution in [0, 0.1) is 4.91 Å². The van der Waals surface area contributed by atoms with Crippen molar-refractivity contribution in [3.8, 4) is 11.4 Å². The molecule has 4 rings (SSSR count). The second-order valence-electron chi connectivity index (χ2n) is 7.46. The molecule has 2 bridgehead atoms. The van der Waals surface area contributed by atoms with E-state index >= 15 is 0 Å². The topological polar surface area (TPSA) is 114 Å². The van der Waals surface area contributed by atoms with Gasteiger partial charge in [0.1, 0.15) is 27.2 Å². The van der Waals surface area contributed by atoms with Gasteiger partial charge in [0.2, 0.25) is 0 Å². The number of ether oxygens (including phenoxy) is 1. The van der Waals surface area contributed by atoms with Crippen molar-refractivity contribution in [3.05, 3.63) is 35.2 Å². The van der Waals surface area contributed by atoms with Crippen LogP contribution in [0.15, 0.2) is 35.5 Å². The van der Waals surface area contributed by atoms with Crippen molar-refractivity contribution in [3.63, 3.8) is 0 Å². The van der Waals surface area contributed by atoms with Gasteiger partial charge in [0.05, 0.1) is 31.1 Å². The van der Waals surface area contributed by atoms with Crippen molar-refractivity contribution in [2.75, 3.05) is 42.0 Å². The highest BCUT2D eigenvalue weighted by atomic mass is 32.2. The molecule has 10 heteroatoms. The third kappa shape index (κ3) is 4.54. The van der Waals surface area contributed by atoms with Crippen LogP contribution in [-0.2, 0) is 14.6 Å². The maximum absolute atomic E-state index is 11.4. The first kappa shape index (κ1) is 19.7. The second kappa shape index (κ2) is 8.03.